The Morgan fingerprint density at radius 3 is 2.71 bits per heavy atom. The molecule has 1 fully saturated rings. The first-order valence-corrected chi connectivity index (χ1v) is 5.28. The van der Waals surface area contributed by atoms with Gasteiger partial charge in [0.2, 0.25) is 0 Å². The molecule has 84 valence electrons. The third-order valence-electron chi connectivity index (χ3n) is 3.07. The summed E-state index contributed by atoms with van der Waals surface area (Å²) in [5, 5.41) is 0. The lowest BCUT2D eigenvalue weighted by Gasteiger charge is -2.27. The molecular weight excluding hydrogens is 178 g/mol. The van der Waals surface area contributed by atoms with Crippen LogP contribution in [-0.2, 0) is 4.74 Å². The van der Waals surface area contributed by atoms with Crippen LogP contribution in [0.1, 0.15) is 6.42 Å². The van der Waals surface area contributed by atoms with Crippen molar-refractivity contribution < 1.29 is 4.74 Å². The van der Waals surface area contributed by atoms with E-state index in [-0.39, 0.29) is 0 Å². The number of methoxy groups -OCH3 is 1. The fourth-order valence-corrected chi connectivity index (χ4v) is 2.04. The Morgan fingerprint density at radius 2 is 2.29 bits per heavy atom. The van der Waals surface area contributed by atoms with Crippen LogP contribution >= 0.6 is 0 Å². The molecule has 0 spiro atoms. The van der Waals surface area contributed by atoms with Gasteiger partial charge in [-0.15, -0.1) is 0 Å². The summed E-state index contributed by atoms with van der Waals surface area (Å²) in [7, 11) is 6.02. The summed E-state index contributed by atoms with van der Waals surface area (Å²) in [5.41, 5.74) is 5.72. The fraction of sp³-hybridized carbons (Fsp3) is 1.00. The Hall–Kier alpha value is -0.160. The maximum atomic E-state index is 5.72. The highest BCUT2D eigenvalue weighted by molar-refractivity contribution is 4.85. The molecule has 4 heteroatoms. The van der Waals surface area contributed by atoms with Gasteiger partial charge in [-0.05, 0) is 20.5 Å². The van der Waals surface area contributed by atoms with Gasteiger partial charge in [0.15, 0.2) is 0 Å². The summed E-state index contributed by atoms with van der Waals surface area (Å²) in [4.78, 5) is 4.73. The van der Waals surface area contributed by atoms with Crippen LogP contribution in [0.15, 0.2) is 0 Å². The maximum absolute atomic E-state index is 5.72. The van der Waals surface area contributed by atoms with Gasteiger partial charge in [0.1, 0.15) is 0 Å². The van der Waals surface area contributed by atoms with Crippen LogP contribution in [0, 0.1) is 0 Å². The zero-order valence-electron chi connectivity index (χ0n) is 9.57. The molecule has 0 aromatic heterocycles. The molecule has 14 heavy (non-hydrogen) atoms. The largest absolute Gasteiger partial charge is 0.383 e. The number of hydrogen-bond acceptors (Lipinski definition) is 4. The Balaban J connectivity index is 2.39. The number of hydrogen-bond donors (Lipinski definition) is 1. The smallest absolute Gasteiger partial charge is 0.0630 e. The SMILES string of the molecule is COCC(CN)N1CCC(N(C)C)C1. The molecule has 2 atom stereocenters. The lowest BCUT2D eigenvalue weighted by molar-refractivity contribution is 0.105. The zero-order chi connectivity index (χ0) is 10.6. The minimum Gasteiger partial charge on any atom is -0.383 e. The average molecular weight is 201 g/mol. The molecule has 1 rings (SSSR count). The summed E-state index contributed by atoms with van der Waals surface area (Å²) in [5.74, 6) is 0. The van der Waals surface area contributed by atoms with E-state index in [4.69, 9.17) is 10.5 Å². The van der Waals surface area contributed by atoms with Gasteiger partial charge in [0.25, 0.3) is 0 Å². The second-order valence-electron chi connectivity index (χ2n) is 4.25. The molecule has 1 aliphatic rings. The van der Waals surface area contributed by atoms with Crippen LogP contribution in [0.5, 0.6) is 0 Å². The third-order valence-corrected chi connectivity index (χ3v) is 3.07. The van der Waals surface area contributed by atoms with Crippen molar-refractivity contribution >= 4 is 0 Å². The normalized spacial score (nSPS) is 25.9. The Bertz CT molecular complexity index is 163. The van der Waals surface area contributed by atoms with Crippen molar-refractivity contribution in [3.05, 3.63) is 0 Å². The van der Waals surface area contributed by atoms with Gasteiger partial charge in [-0.2, -0.15) is 0 Å². The van der Waals surface area contributed by atoms with Gasteiger partial charge in [0, 0.05) is 38.8 Å². The second kappa shape index (κ2) is 5.66. The Kier molecular flexibility index (Phi) is 4.81. The van der Waals surface area contributed by atoms with Crippen molar-refractivity contribution in [2.24, 2.45) is 5.73 Å². The van der Waals surface area contributed by atoms with Crippen molar-refractivity contribution in [1.29, 1.82) is 0 Å². The van der Waals surface area contributed by atoms with E-state index in [1.54, 1.807) is 7.11 Å². The molecule has 0 amide bonds. The molecule has 0 saturated carbocycles. The van der Waals surface area contributed by atoms with Gasteiger partial charge in [0.05, 0.1) is 6.61 Å². The molecule has 0 bridgehead atoms. The third kappa shape index (κ3) is 2.92. The highest BCUT2D eigenvalue weighted by atomic mass is 16.5. The van der Waals surface area contributed by atoms with Crippen LogP contribution in [0.4, 0.5) is 0 Å². The monoisotopic (exact) mass is 201 g/mol. The quantitative estimate of drug-likeness (QED) is 0.657. The van der Waals surface area contributed by atoms with E-state index in [0.29, 0.717) is 18.6 Å². The molecule has 0 aromatic carbocycles. The molecular formula is C10H23N3O. The number of rotatable bonds is 5. The Morgan fingerprint density at radius 1 is 1.57 bits per heavy atom. The predicted octanol–water partition coefficient (Wildman–Crippen LogP) is -0.404. The minimum absolute atomic E-state index is 0.393. The summed E-state index contributed by atoms with van der Waals surface area (Å²) in [6.45, 7) is 3.71. The lowest BCUT2D eigenvalue weighted by atomic mass is 10.2. The average Bonchev–Trinajstić information content (AvgIpc) is 2.63. The maximum Gasteiger partial charge on any atom is 0.0630 e. The van der Waals surface area contributed by atoms with Gasteiger partial charge < -0.3 is 15.4 Å². The molecule has 0 radical (unpaired) electrons. The van der Waals surface area contributed by atoms with Crippen LogP contribution in [0.3, 0.4) is 0 Å². The molecule has 2 N–H and O–H groups in total. The van der Waals surface area contributed by atoms with Crippen molar-refractivity contribution in [1.82, 2.24) is 9.80 Å². The fourth-order valence-electron chi connectivity index (χ4n) is 2.04. The van der Waals surface area contributed by atoms with Crippen LogP contribution in [0.2, 0.25) is 0 Å². The molecule has 1 aliphatic heterocycles. The molecule has 0 aromatic rings. The summed E-state index contributed by atoms with van der Waals surface area (Å²) in [6.07, 6.45) is 1.24. The first kappa shape index (κ1) is 11.9. The molecule has 4 nitrogen and oxygen atoms in total. The van der Waals surface area contributed by atoms with Crippen molar-refractivity contribution in [2.75, 3.05) is 47.4 Å². The van der Waals surface area contributed by atoms with E-state index in [1.807, 2.05) is 0 Å². The first-order chi connectivity index (χ1) is 6.69. The van der Waals surface area contributed by atoms with E-state index in [0.717, 1.165) is 19.7 Å². The zero-order valence-corrected chi connectivity index (χ0v) is 9.57. The number of likely N-dealkylation sites (N-methyl/N-ethyl adjacent to an activating group) is 1. The van der Waals surface area contributed by atoms with E-state index >= 15 is 0 Å². The summed E-state index contributed by atoms with van der Waals surface area (Å²) >= 11 is 0. The second-order valence-corrected chi connectivity index (χ2v) is 4.25. The standard InChI is InChI=1S/C10H23N3O/c1-12(2)9-4-5-13(7-9)10(6-11)8-14-3/h9-10H,4-8,11H2,1-3H3. The highest BCUT2D eigenvalue weighted by Crippen LogP contribution is 2.15. The highest BCUT2D eigenvalue weighted by Gasteiger charge is 2.28. The Labute approximate surface area is 87.0 Å². The van der Waals surface area contributed by atoms with Gasteiger partial charge in [-0.25, -0.2) is 0 Å². The molecule has 0 aliphatic carbocycles. The summed E-state index contributed by atoms with van der Waals surface area (Å²) in [6, 6.07) is 1.07. The van der Waals surface area contributed by atoms with E-state index < -0.39 is 0 Å². The van der Waals surface area contributed by atoms with Crippen LogP contribution < -0.4 is 5.73 Å². The minimum atomic E-state index is 0.393. The summed E-state index contributed by atoms with van der Waals surface area (Å²) < 4.78 is 5.17. The van der Waals surface area contributed by atoms with Crippen molar-refractivity contribution in [3.8, 4) is 0 Å². The van der Waals surface area contributed by atoms with Crippen LogP contribution in [-0.4, -0.2) is 69.3 Å². The van der Waals surface area contributed by atoms with Crippen LogP contribution in [0.25, 0.3) is 0 Å². The number of likely N-dealkylation sites (tertiary alicyclic amines) is 1. The van der Waals surface area contributed by atoms with Crippen molar-refractivity contribution in [2.45, 2.75) is 18.5 Å². The van der Waals surface area contributed by atoms with E-state index in [1.165, 1.54) is 6.42 Å². The number of ether oxygens (including phenoxy) is 1. The number of nitrogens with two attached hydrogens (primary N) is 1. The number of nitrogens with zero attached hydrogens (tertiary/aromatic N) is 2. The predicted molar refractivity (Wildman–Crippen MR) is 58.4 cm³/mol. The van der Waals surface area contributed by atoms with Gasteiger partial charge in [-0.3, -0.25) is 4.90 Å². The molecule has 2 unspecified atom stereocenters. The molecule has 1 saturated heterocycles. The van der Waals surface area contributed by atoms with E-state index in [2.05, 4.69) is 23.9 Å². The van der Waals surface area contributed by atoms with Gasteiger partial charge >= 0.3 is 0 Å². The topological polar surface area (TPSA) is 41.7 Å². The first-order valence-electron chi connectivity index (χ1n) is 5.28. The van der Waals surface area contributed by atoms with Gasteiger partial charge in [-0.1, -0.05) is 0 Å². The van der Waals surface area contributed by atoms with Crippen molar-refractivity contribution in [3.63, 3.8) is 0 Å². The lowest BCUT2D eigenvalue weighted by Crippen LogP contribution is -2.43. The van der Waals surface area contributed by atoms with E-state index in [9.17, 15) is 0 Å². The molecule has 1 heterocycles.